The van der Waals surface area contributed by atoms with Crippen LogP contribution in [0.2, 0.25) is 0 Å². The van der Waals surface area contributed by atoms with Crippen LogP contribution in [0.25, 0.3) is 0 Å². The summed E-state index contributed by atoms with van der Waals surface area (Å²) in [6.07, 6.45) is -7.48. The Morgan fingerprint density at radius 3 is 2.00 bits per heavy atom. The molecule has 0 spiro atoms. The minimum absolute atomic E-state index is 0.860. The molecule has 0 fully saturated rings. The van der Waals surface area contributed by atoms with Gasteiger partial charge >= 0.3 is 18.1 Å². The van der Waals surface area contributed by atoms with Crippen LogP contribution < -0.4 is 0 Å². The molecule has 0 aromatic carbocycles. The molecule has 0 aliphatic carbocycles. The summed E-state index contributed by atoms with van der Waals surface area (Å²) < 4.78 is 63.4. The molecule has 2 nitrogen and oxygen atoms in total. The van der Waals surface area contributed by atoms with E-state index < -0.39 is 30.1 Å². The summed E-state index contributed by atoms with van der Waals surface area (Å²) in [6, 6.07) is 0. The number of methoxy groups -OCH3 is 1. The Kier molecular flexibility index (Phi) is 3.61. The van der Waals surface area contributed by atoms with Crippen molar-refractivity contribution in [3.63, 3.8) is 0 Å². The van der Waals surface area contributed by atoms with Crippen LogP contribution in [0.3, 0.4) is 0 Å². The number of hydrogen-bond donors (Lipinski definition) is 0. The van der Waals surface area contributed by atoms with E-state index in [1.165, 1.54) is 0 Å². The summed E-state index contributed by atoms with van der Waals surface area (Å²) in [7, 11) is 0.860. The van der Waals surface area contributed by atoms with Gasteiger partial charge in [-0.3, -0.25) is 0 Å². The van der Waals surface area contributed by atoms with E-state index in [2.05, 4.69) is 11.3 Å². The molecular formula is C7H7F5O2. The molecule has 0 heterocycles. The van der Waals surface area contributed by atoms with Crippen LogP contribution in [0.1, 0.15) is 6.42 Å². The van der Waals surface area contributed by atoms with Crippen LogP contribution in [0.4, 0.5) is 22.0 Å². The first-order chi connectivity index (χ1) is 6.12. The first-order valence-electron chi connectivity index (χ1n) is 3.32. The lowest BCUT2D eigenvalue weighted by Gasteiger charge is -2.19. The fourth-order valence-corrected chi connectivity index (χ4v) is 0.585. The van der Waals surface area contributed by atoms with E-state index >= 15 is 0 Å². The summed E-state index contributed by atoms with van der Waals surface area (Å²) in [4.78, 5) is 10.5. The first-order valence-corrected chi connectivity index (χ1v) is 3.32. The first kappa shape index (κ1) is 12.9. The number of alkyl halides is 5. The van der Waals surface area contributed by atoms with Gasteiger partial charge in [0.2, 0.25) is 0 Å². The Morgan fingerprint density at radius 1 is 1.29 bits per heavy atom. The molecule has 0 saturated carbocycles. The predicted molar refractivity (Wildman–Crippen MR) is 36.8 cm³/mol. The quantitative estimate of drug-likeness (QED) is 0.412. The molecule has 0 radical (unpaired) electrons. The highest BCUT2D eigenvalue weighted by Gasteiger charge is 2.57. The molecular weight excluding hydrogens is 211 g/mol. The Morgan fingerprint density at radius 2 is 1.71 bits per heavy atom. The topological polar surface area (TPSA) is 26.3 Å². The highest BCUT2D eigenvalue weighted by atomic mass is 19.4. The van der Waals surface area contributed by atoms with Gasteiger partial charge in [0.05, 0.1) is 13.5 Å². The van der Waals surface area contributed by atoms with Crippen molar-refractivity contribution in [3.05, 3.63) is 12.2 Å². The molecule has 0 aromatic heterocycles. The van der Waals surface area contributed by atoms with Crippen molar-refractivity contribution in [3.8, 4) is 0 Å². The van der Waals surface area contributed by atoms with Crippen molar-refractivity contribution in [2.24, 2.45) is 0 Å². The molecule has 0 aliphatic rings. The third-order valence-electron chi connectivity index (χ3n) is 1.32. The SMILES string of the molecule is C=C(CC(F)(F)C(F)(F)F)C(=O)OC. The van der Waals surface area contributed by atoms with Crippen LogP contribution >= 0.6 is 0 Å². The van der Waals surface area contributed by atoms with E-state index in [9.17, 15) is 26.7 Å². The van der Waals surface area contributed by atoms with Crippen LogP contribution in [0, 0.1) is 0 Å². The molecule has 14 heavy (non-hydrogen) atoms. The molecule has 0 saturated heterocycles. The van der Waals surface area contributed by atoms with Crippen LogP contribution in [-0.4, -0.2) is 25.2 Å². The summed E-state index contributed by atoms with van der Waals surface area (Å²) in [5.41, 5.74) is -0.921. The van der Waals surface area contributed by atoms with Gasteiger partial charge in [0.25, 0.3) is 0 Å². The average molecular weight is 218 g/mol. The second kappa shape index (κ2) is 3.93. The van der Waals surface area contributed by atoms with Gasteiger partial charge in [-0.1, -0.05) is 6.58 Å². The summed E-state index contributed by atoms with van der Waals surface area (Å²) in [6.45, 7) is 2.77. The Labute approximate surface area is 76.3 Å². The summed E-state index contributed by atoms with van der Waals surface area (Å²) >= 11 is 0. The molecule has 0 aromatic rings. The number of ether oxygens (including phenoxy) is 1. The molecule has 0 rings (SSSR count). The van der Waals surface area contributed by atoms with E-state index in [1.807, 2.05) is 0 Å². The van der Waals surface area contributed by atoms with Crippen molar-refractivity contribution in [1.82, 2.24) is 0 Å². The molecule has 0 aliphatic heterocycles. The van der Waals surface area contributed by atoms with Gasteiger partial charge in [-0.05, 0) is 0 Å². The third-order valence-corrected chi connectivity index (χ3v) is 1.32. The fourth-order valence-electron chi connectivity index (χ4n) is 0.585. The number of rotatable bonds is 3. The van der Waals surface area contributed by atoms with Gasteiger partial charge in [-0.15, -0.1) is 0 Å². The maximum Gasteiger partial charge on any atom is 0.453 e. The van der Waals surface area contributed by atoms with Gasteiger partial charge in [-0.25, -0.2) is 4.79 Å². The van der Waals surface area contributed by atoms with Gasteiger partial charge in [0, 0.05) is 5.57 Å². The lowest BCUT2D eigenvalue weighted by Crippen LogP contribution is -2.37. The number of esters is 1. The van der Waals surface area contributed by atoms with E-state index in [-0.39, 0.29) is 0 Å². The summed E-state index contributed by atoms with van der Waals surface area (Å²) in [5.74, 6) is -6.24. The van der Waals surface area contributed by atoms with E-state index in [1.54, 1.807) is 0 Å². The largest absolute Gasteiger partial charge is 0.466 e. The zero-order valence-corrected chi connectivity index (χ0v) is 7.12. The second-order valence-electron chi connectivity index (χ2n) is 2.47. The number of carbonyl (C=O) groups is 1. The average Bonchev–Trinajstić information content (AvgIpc) is 2.00. The highest BCUT2D eigenvalue weighted by Crippen LogP contribution is 2.39. The van der Waals surface area contributed by atoms with Crippen molar-refractivity contribution >= 4 is 5.97 Å². The van der Waals surface area contributed by atoms with E-state index in [0.29, 0.717) is 0 Å². The van der Waals surface area contributed by atoms with Crippen molar-refractivity contribution < 1.29 is 31.5 Å². The Balaban J connectivity index is 4.53. The minimum atomic E-state index is -5.69. The number of hydrogen-bond acceptors (Lipinski definition) is 2. The number of halogens is 5. The van der Waals surface area contributed by atoms with Crippen molar-refractivity contribution in [2.45, 2.75) is 18.5 Å². The molecule has 0 atom stereocenters. The second-order valence-corrected chi connectivity index (χ2v) is 2.47. The fraction of sp³-hybridized carbons (Fsp3) is 0.571. The molecule has 82 valence electrons. The third kappa shape index (κ3) is 2.97. The molecule has 0 bridgehead atoms. The van der Waals surface area contributed by atoms with Crippen LogP contribution in [-0.2, 0) is 9.53 Å². The normalized spacial score (nSPS) is 12.4. The maximum absolute atomic E-state index is 12.3. The molecule has 7 heteroatoms. The lowest BCUT2D eigenvalue weighted by atomic mass is 10.1. The van der Waals surface area contributed by atoms with E-state index in [4.69, 9.17) is 0 Å². The number of carbonyl (C=O) groups excluding carboxylic acids is 1. The van der Waals surface area contributed by atoms with Crippen LogP contribution in [0.5, 0.6) is 0 Å². The Hall–Kier alpha value is -1.14. The smallest absolute Gasteiger partial charge is 0.453 e. The van der Waals surface area contributed by atoms with E-state index in [0.717, 1.165) is 7.11 Å². The minimum Gasteiger partial charge on any atom is -0.466 e. The lowest BCUT2D eigenvalue weighted by molar-refractivity contribution is -0.281. The van der Waals surface area contributed by atoms with Crippen LogP contribution in [0.15, 0.2) is 12.2 Å². The van der Waals surface area contributed by atoms with Gasteiger partial charge in [0.15, 0.2) is 0 Å². The van der Waals surface area contributed by atoms with Gasteiger partial charge in [0.1, 0.15) is 0 Å². The van der Waals surface area contributed by atoms with Crippen molar-refractivity contribution in [1.29, 1.82) is 0 Å². The molecule has 0 N–H and O–H groups in total. The van der Waals surface area contributed by atoms with Gasteiger partial charge in [-0.2, -0.15) is 22.0 Å². The summed E-state index contributed by atoms with van der Waals surface area (Å²) in [5, 5.41) is 0. The molecule has 0 amide bonds. The predicted octanol–water partition coefficient (Wildman–Crippen LogP) is 2.30. The Bertz CT molecular complexity index is 243. The zero-order chi connectivity index (χ0) is 11.6. The standard InChI is InChI=1S/C7H7F5O2/c1-4(5(13)14-2)3-6(8,9)7(10,11)12/h1,3H2,2H3. The monoisotopic (exact) mass is 218 g/mol. The molecule has 0 unspecified atom stereocenters. The van der Waals surface area contributed by atoms with Crippen molar-refractivity contribution in [2.75, 3.05) is 7.11 Å². The highest BCUT2D eigenvalue weighted by molar-refractivity contribution is 5.87. The zero-order valence-electron chi connectivity index (χ0n) is 7.12. The maximum atomic E-state index is 12.3. The van der Waals surface area contributed by atoms with Gasteiger partial charge < -0.3 is 4.74 Å².